The van der Waals surface area contributed by atoms with Crippen molar-refractivity contribution < 1.29 is 18.9 Å². The molecule has 0 bridgehead atoms. The topological polar surface area (TPSA) is 36.9 Å². The van der Waals surface area contributed by atoms with Gasteiger partial charge in [-0.15, -0.1) is 0 Å². The summed E-state index contributed by atoms with van der Waals surface area (Å²) in [5.41, 5.74) is 0. The van der Waals surface area contributed by atoms with E-state index in [0.29, 0.717) is 13.2 Å². The molecule has 2 unspecified atom stereocenters. The molecule has 2 aromatic carbocycles. The average Bonchev–Trinajstić information content (AvgIpc) is 2.76. The van der Waals surface area contributed by atoms with Crippen LogP contribution >= 0.6 is 0 Å². The van der Waals surface area contributed by atoms with Crippen molar-refractivity contribution in [2.75, 3.05) is 13.2 Å². The van der Waals surface area contributed by atoms with Gasteiger partial charge in [-0.3, -0.25) is 0 Å². The average molecular weight is 532 g/mol. The summed E-state index contributed by atoms with van der Waals surface area (Å²) < 4.78 is 26.6. The van der Waals surface area contributed by atoms with Gasteiger partial charge < -0.3 is 0 Å². The van der Waals surface area contributed by atoms with Crippen LogP contribution in [0.3, 0.4) is 0 Å². The molecule has 4 nitrogen and oxygen atoms in total. The van der Waals surface area contributed by atoms with Crippen LogP contribution < -0.4 is 16.7 Å². The molecular weight excluding hydrogens is 492 g/mol. The summed E-state index contributed by atoms with van der Waals surface area (Å²) in [6.45, 7) is 15.4. The Balaban J connectivity index is 0.00000218. The van der Waals surface area contributed by atoms with Crippen molar-refractivity contribution in [3.05, 3.63) is 48.5 Å². The van der Waals surface area contributed by atoms with E-state index in [9.17, 15) is 0 Å². The Morgan fingerprint density at radius 1 is 0.667 bits per heavy atom. The van der Waals surface area contributed by atoms with Gasteiger partial charge in [0.25, 0.3) is 0 Å². The standard InChI is InChI=1S/C23H34O4Te.C2H6/c1-7-24-18(4)26-20-10-14-22(15-11-20)28(6,9-3)23-16-12-21(13-17-23)27-19(5)25-8-2;1-2/h10-19H,7-9H2,1-6H3;1-2H3. The van der Waals surface area contributed by atoms with Crippen LogP contribution in [0.1, 0.15) is 48.5 Å². The monoisotopic (exact) mass is 534 g/mol. The van der Waals surface area contributed by atoms with E-state index in [0.717, 1.165) is 11.5 Å². The van der Waals surface area contributed by atoms with Crippen LogP contribution in [0.2, 0.25) is 9.44 Å². The molecule has 0 aliphatic carbocycles. The molecule has 30 heavy (non-hydrogen) atoms. The Morgan fingerprint density at radius 2 is 1.00 bits per heavy atom. The Bertz CT molecular complexity index is 643. The maximum absolute atomic E-state index is 5.80. The molecule has 0 radical (unpaired) electrons. The predicted octanol–water partition coefficient (Wildman–Crippen LogP) is 5.45. The molecule has 0 amide bonds. The zero-order valence-electron chi connectivity index (χ0n) is 19.9. The Morgan fingerprint density at radius 3 is 1.27 bits per heavy atom. The minimum atomic E-state index is -2.44. The number of ether oxygens (including phenoxy) is 4. The molecule has 0 aliphatic heterocycles. The molecule has 5 heteroatoms. The van der Waals surface area contributed by atoms with Gasteiger partial charge in [-0.25, -0.2) is 0 Å². The van der Waals surface area contributed by atoms with Crippen molar-refractivity contribution in [1.82, 2.24) is 0 Å². The number of hydrogen-bond donors (Lipinski definition) is 0. The van der Waals surface area contributed by atoms with Gasteiger partial charge in [0.2, 0.25) is 0 Å². The molecule has 0 spiro atoms. The molecule has 2 rings (SSSR count). The van der Waals surface area contributed by atoms with Gasteiger partial charge in [-0.2, -0.15) is 0 Å². The molecular formula is C25H40O4Te. The quantitative estimate of drug-likeness (QED) is 0.285. The second kappa shape index (κ2) is 13.9. The van der Waals surface area contributed by atoms with Crippen molar-refractivity contribution >= 4 is 25.4 Å². The molecule has 0 heterocycles. The van der Waals surface area contributed by atoms with Crippen LogP contribution in [0, 0.1) is 0 Å². The molecule has 2 atom stereocenters. The van der Waals surface area contributed by atoms with E-state index in [4.69, 9.17) is 18.9 Å². The van der Waals surface area contributed by atoms with Gasteiger partial charge >= 0.3 is 174 Å². The summed E-state index contributed by atoms with van der Waals surface area (Å²) in [5, 5.41) is 0. The van der Waals surface area contributed by atoms with E-state index < -0.39 is 18.2 Å². The van der Waals surface area contributed by atoms with Crippen LogP contribution in [-0.4, -0.2) is 44.0 Å². The first-order valence-electron chi connectivity index (χ1n) is 11.0. The first-order chi connectivity index (χ1) is 14.4. The second-order valence-corrected chi connectivity index (χ2v) is 17.1. The van der Waals surface area contributed by atoms with Crippen molar-refractivity contribution in [2.24, 2.45) is 0 Å². The molecule has 0 saturated heterocycles. The third-order valence-corrected chi connectivity index (χ3v) is 15.5. The van der Waals surface area contributed by atoms with Crippen molar-refractivity contribution in [3.63, 3.8) is 0 Å². The van der Waals surface area contributed by atoms with Crippen LogP contribution in [0.15, 0.2) is 48.5 Å². The summed E-state index contributed by atoms with van der Waals surface area (Å²) in [6.07, 6.45) is -0.469. The summed E-state index contributed by atoms with van der Waals surface area (Å²) in [4.78, 5) is 2.46. The number of benzene rings is 2. The van der Waals surface area contributed by atoms with Crippen LogP contribution in [-0.2, 0) is 9.47 Å². The Labute approximate surface area is 187 Å². The number of hydrogen-bond acceptors (Lipinski definition) is 4. The zero-order chi connectivity index (χ0) is 22.6. The maximum atomic E-state index is 5.80. The number of rotatable bonds is 11. The van der Waals surface area contributed by atoms with Crippen LogP contribution in [0.4, 0.5) is 0 Å². The van der Waals surface area contributed by atoms with Gasteiger partial charge in [0.15, 0.2) is 0 Å². The summed E-state index contributed by atoms with van der Waals surface area (Å²) in [6, 6.07) is 17.1. The van der Waals surface area contributed by atoms with Gasteiger partial charge in [0.05, 0.1) is 0 Å². The van der Waals surface area contributed by atoms with Gasteiger partial charge in [0.1, 0.15) is 0 Å². The molecule has 0 saturated carbocycles. The Kier molecular flexibility index (Phi) is 12.4. The molecule has 0 fully saturated rings. The third-order valence-electron chi connectivity index (χ3n) is 4.67. The van der Waals surface area contributed by atoms with E-state index in [2.05, 4.69) is 60.4 Å². The van der Waals surface area contributed by atoms with E-state index >= 15 is 0 Å². The van der Waals surface area contributed by atoms with E-state index in [1.54, 1.807) is 0 Å². The van der Waals surface area contributed by atoms with Gasteiger partial charge in [-0.1, -0.05) is 13.8 Å². The van der Waals surface area contributed by atoms with Crippen LogP contribution in [0.5, 0.6) is 11.5 Å². The molecule has 2 aromatic rings. The Hall–Kier alpha value is -1.25. The molecule has 0 aromatic heterocycles. The first kappa shape index (κ1) is 26.8. The molecule has 170 valence electrons. The molecule has 0 N–H and O–H groups in total. The normalized spacial score (nSPS) is 15.7. The van der Waals surface area contributed by atoms with E-state index in [1.807, 2.05) is 41.5 Å². The second-order valence-electron chi connectivity index (χ2n) is 6.60. The minimum absolute atomic E-state index is 0.234. The zero-order valence-corrected chi connectivity index (χ0v) is 22.3. The third kappa shape index (κ3) is 7.78. The van der Waals surface area contributed by atoms with Crippen molar-refractivity contribution in [3.8, 4) is 11.5 Å². The van der Waals surface area contributed by atoms with Crippen molar-refractivity contribution in [1.29, 1.82) is 0 Å². The molecule has 0 aliphatic rings. The summed E-state index contributed by atoms with van der Waals surface area (Å²) >= 11 is -2.44. The van der Waals surface area contributed by atoms with E-state index in [-0.39, 0.29) is 12.6 Å². The fourth-order valence-electron chi connectivity index (χ4n) is 3.03. The van der Waals surface area contributed by atoms with Crippen LogP contribution in [0.25, 0.3) is 0 Å². The SMILES string of the molecule is CC.CCOC(C)Oc1ccc([Te](C)(CC)c2ccc(OC(C)OCC)cc2)cc1. The van der Waals surface area contributed by atoms with Gasteiger partial charge in [-0.05, 0) is 0 Å². The predicted molar refractivity (Wildman–Crippen MR) is 129 cm³/mol. The van der Waals surface area contributed by atoms with Crippen molar-refractivity contribution in [2.45, 2.75) is 70.5 Å². The fourth-order valence-corrected chi connectivity index (χ4v) is 9.91. The fraction of sp³-hybridized carbons (Fsp3) is 0.520. The van der Waals surface area contributed by atoms with Gasteiger partial charge in [0, 0.05) is 0 Å². The van der Waals surface area contributed by atoms with E-state index in [1.165, 1.54) is 11.7 Å². The summed E-state index contributed by atoms with van der Waals surface area (Å²) in [5.74, 6) is 1.69. The summed E-state index contributed by atoms with van der Waals surface area (Å²) in [7, 11) is 0. The first-order valence-corrected chi connectivity index (χ1v) is 17.3.